The third-order valence-electron chi connectivity index (χ3n) is 10.1. The van der Waals surface area contributed by atoms with E-state index in [1.54, 1.807) is 37.3 Å². The number of benzene rings is 3. The smallest absolute Gasteiger partial charge is 0.251 e. The molecule has 0 aromatic heterocycles. The van der Waals surface area contributed by atoms with Gasteiger partial charge in [0.1, 0.15) is 11.0 Å². The predicted octanol–water partition coefficient (Wildman–Crippen LogP) is 12.1. The van der Waals surface area contributed by atoms with Gasteiger partial charge >= 0.3 is 0 Å². The Labute approximate surface area is 336 Å². The molecule has 0 radical (unpaired) electrons. The van der Waals surface area contributed by atoms with Crippen LogP contribution >= 0.6 is 34.8 Å². The van der Waals surface area contributed by atoms with Gasteiger partial charge in [0.2, 0.25) is 5.91 Å². The molecule has 3 aromatic carbocycles. The molecule has 2 atom stereocenters. The minimum absolute atomic E-state index is 0.000495. The average molecular weight is 818 g/mol. The number of fused-ring (bicyclic) bond motifs is 1. The maximum atomic E-state index is 14.1. The fourth-order valence-electron chi connectivity index (χ4n) is 6.97. The first kappa shape index (κ1) is 43.7. The number of unbranched alkanes of at least 4 members (excludes halogenated alkanes) is 12. The lowest BCUT2D eigenvalue weighted by Gasteiger charge is -2.24. The van der Waals surface area contributed by atoms with E-state index in [-0.39, 0.29) is 45.8 Å². The number of anilines is 2. The number of phenolic OH excluding ortho intramolecular Hbond substituents is 1. The van der Waals surface area contributed by atoms with Crippen molar-refractivity contribution in [2.75, 3.05) is 16.5 Å². The van der Waals surface area contributed by atoms with E-state index in [9.17, 15) is 23.1 Å². The maximum absolute atomic E-state index is 14.1. The van der Waals surface area contributed by atoms with E-state index in [4.69, 9.17) is 34.8 Å². The highest BCUT2D eigenvalue weighted by Gasteiger charge is 2.34. The van der Waals surface area contributed by atoms with Crippen molar-refractivity contribution in [1.82, 2.24) is 0 Å². The summed E-state index contributed by atoms with van der Waals surface area (Å²) in [6, 6.07) is 13.6. The third-order valence-corrected chi connectivity index (χ3v) is 13.6. The minimum atomic E-state index is -4.12. The van der Waals surface area contributed by atoms with Gasteiger partial charge in [0.05, 0.1) is 26.2 Å². The molecule has 0 aliphatic heterocycles. The van der Waals surface area contributed by atoms with Gasteiger partial charge < -0.3 is 15.7 Å². The zero-order valence-corrected chi connectivity index (χ0v) is 34.7. The van der Waals surface area contributed by atoms with Gasteiger partial charge in [0.25, 0.3) is 5.91 Å². The molecular weight excluding hydrogens is 763 g/mol. The lowest BCUT2D eigenvalue weighted by Crippen LogP contribution is -2.35. The largest absolute Gasteiger partial charge is 0.506 e. The average Bonchev–Trinajstić information content (AvgIpc) is 3.15. The topological polar surface area (TPSA) is 113 Å². The highest BCUT2D eigenvalue weighted by Crippen LogP contribution is 2.37. The van der Waals surface area contributed by atoms with Crippen LogP contribution in [-0.2, 0) is 25.8 Å². The van der Waals surface area contributed by atoms with Crippen LogP contribution in [0, 0.1) is 0 Å². The molecule has 1 aliphatic rings. The Morgan fingerprint density at radius 2 is 1.48 bits per heavy atom. The number of phenols is 1. The Hall–Kier alpha value is -3.04. The summed E-state index contributed by atoms with van der Waals surface area (Å²) in [5.41, 5.74) is 1.33. The summed E-state index contributed by atoms with van der Waals surface area (Å²) < 4.78 is 28.2. The second-order valence-corrected chi connectivity index (χ2v) is 18.0. The van der Waals surface area contributed by atoms with Gasteiger partial charge in [0, 0.05) is 23.9 Å². The monoisotopic (exact) mass is 816 g/mol. The van der Waals surface area contributed by atoms with Crippen LogP contribution in [0.2, 0.25) is 5.02 Å². The molecule has 0 fully saturated rings. The van der Waals surface area contributed by atoms with Gasteiger partial charge in [-0.1, -0.05) is 145 Å². The summed E-state index contributed by atoms with van der Waals surface area (Å²) in [6.07, 6.45) is 22.3. The number of carbonyl (C=O) groups excluding carboxylic acids is 2. The molecule has 0 spiro atoms. The first-order valence-electron chi connectivity index (χ1n) is 19.5. The van der Waals surface area contributed by atoms with Gasteiger partial charge in [0.15, 0.2) is 9.84 Å². The molecule has 3 aromatic rings. The zero-order chi connectivity index (χ0) is 39.1. The molecule has 11 heteroatoms. The van der Waals surface area contributed by atoms with Crippen LogP contribution in [0.25, 0.3) is 10.8 Å². The fraction of sp³-hybridized carbons (Fsp3) is 0.488. The Kier molecular flexibility index (Phi) is 17.2. The van der Waals surface area contributed by atoms with E-state index < -0.39 is 31.8 Å². The van der Waals surface area contributed by atoms with E-state index >= 15 is 0 Å². The fourth-order valence-corrected chi connectivity index (χ4v) is 9.28. The van der Waals surface area contributed by atoms with Gasteiger partial charge in [-0.05, 0) is 53.8 Å². The van der Waals surface area contributed by atoms with Gasteiger partial charge in [-0.3, -0.25) is 9.59 Å². The Morgan fingerprint density at radius 1 is 0.852 bits per heavy atom. The molecule has 2 amide bonds. The Bertz CT molecular complexity index is 1910. The second-order valence-electron chi connectivity index (χ2n) is 14.4. The molecule has 0 heterocycles. The van der Waals surface area contributed by atoms with Gasteiger partial charge in [-0.2, -0.15) is 0 Å². The van der Waals surface area contributed by atoms with Crippen molar-refractivity contribution in [3.63, 3.8) is 0 Å². The van der Waals surface area contributed by atoms with Crippen LogP contribution < -0.4 is 10.6 Å². The van der Waals surface area contributed by atoms with Crippen molar-refractivity contribution in [1.29, 1.82) is 0 Å². The number of hydrogen-bond acceptors (Lipinski definition) is 5. The quantitative estimate of drug-likeness (QED) is 0.0531. The summed E-state index contributed by atoms with van der Waals surface area (Å²) in [6.45, 7) is 3.89. The van der Waals surface area contributed by atoms with Crippen LogP contribution in [0.3, 0.4) is 0 Å². The van der Waals surface area contributed by atoms with Gasteiger partial charge in [-0.25, -0.2) is 8.42 Å². The number of allylic oxidation sites excluding steroid dienone is 3. The number of nitrogens with one attached hydrogen (secondary N) is 2. The number of amides is 2. The van der Waals surface area contributed by atoms with Crippen molar-refractivity contribution in [2.45, 2.75) is 132 Å². The second kappa shape index (κ2) is 21.3. The van der Waals surface area contributed by atoms with E-state index in [2.05, 4.69) is 17.6 Å². The SMILES string of the molecule is CCCCCCCCCCCCCCCc1cc(S(=O)(=O)C(CC)C(=O)Nc2cc(O)c(NC(=O)C3=CC=CC(Cl)(CCl)C3)cc2Cl)cc2ccccc12. The van der Waals surface area contributed by atoms with Crippen LogP contribution in [0.5, 0.6) is 5.75 Å². The number of aromatic hydroxyl groups is 1. The third kappa shape index (κ3) is 12.2. The predicted molar refractivity (Wildman–Crippen MR) is 226 cm³/mol. The Morgan fingerprint density at radius 3 is 2.11 bits per heavy atom. The maximum Gasteiger partial charge on any atom is 0.251 e. The van der Waals surface area contributed by atoms with Crippen molar-refractivity contribution < 1.29 is 23.1 Å². The molecule has 294 valence electrons. The van der Waals surface area contributed by atoms with Crippen LogP contribution in [0.4, 0.5) is 11.4 Å². The van der Waals surface area contributed by atoms with E-state index in [0.29, 0.717) is 5.57 Å². The van der Waals surface area contributed by atoms with Crippen LogP contribution in [0.15, 0.2) is 77.2 Å². The number of alkyl halides is 2. The summed E-state index contributed by atoms with van der Waals surface area (Å²) in [5, 5.41) is 16.4. The molecule has 0 saturated carbocycles. The first-order chi connectivity index (χ1) is 25.9. The molecule has 0 saturated heterocycles. The minimum Gasteiger partial charge on any atom is -0.506 e. The highest BCUT2D eigenvalue weighted by atomic mass is 35.5. The molecule has 2 unspecified atom stereocenters. The number of halogens is 3. The number of hydrogen-bond donors (Lipinski definition) is 3. The van der Waals surface area contributed by atoms with E-state index in [1.807, 2.05) is 24.3 Å². The molecule has 3 N–H and O–H groups in total. The van der Waals surface area contributed by atoms with Crippen molar-refractivity contribution in [2.24, 2.45) is 0 Å². The molecule has 54 heavy (non-hydrogen) atoms. The first-order valence-corrected chi connectivity index (χ1v) is 22.3. The number of aryl methyl sites for hydroxylation is 1. The number of sulfone groups is 1. The summed E-state index contributed by atoms with van der Waals surface area (Å²) >= 11 is 18.9. The van der Waals surface area contributed by atoms with Crippen LogP contribution in [0.1, 0.15) is 116 Å². The van der Waals surface area contributed by atoms with Gasteiger partial charge in [-0.15, -0.1) is 23.2 Å². The van der Waals surface area contributed by atoms with Crippen molar-refractivity contribution >= 4 is 78.6 Å². The molecular formula is C43H55Cl3N2O5S. The van der Waals surface area contributed by atoms with Crippen molar-refractivity contribution in [3.8, 4) is 5.75 Å². The molecule has 4 rings (SSSR count). The van der Waals surface area contributed by atoms with Crippen LogP contribution in [-0.4, -0.2) is 41.3 Å². The summed E-state index contributed by atoms with van der Waals surface area (Å²) in [5.74, 6) is -1.54. The highest BCUT2D eigenvalue weighted by molar-refractivity contribution is 7.92. The zero-order valence-electron chi connectivity index (χ0n) is 31.6. The number of carbonyl (C=O) groups is 2. The molecule has 7 nitrogen and oxygen atoms in total. The molecule has 1 aliphatic carbocycles. The molecule has 0 bridgehead atoms. The van der Waals surface area contributed by atoms with E-state index in [1.165, 1.54) is 76.3 Å². The lowest BCUT2D eigenvalue weighted by molar-refractivity contribution is -0.116. The van der Waals surface area contributed by atoms with E-state index in [0.717, 1.165) is 42.0 Å². The lowest BCUT2D eigenvalue weighted by atomic mass is 9.94. The Balaban J connectivity index is 1.38. The number of rotatable bonds is 22. The summed E-state index contributed by atoms with van der Waals surface area (Å²) in [4.78, 5) is 25.7. The van der Waals surface area contributed by atoms with Crippen molar-refractivity contribution in [3.05, 3.63) is 82.9 Å². The standard InChI is InChI=1S/C43H55Cl3N2O5S/c1-3-5-6-7-8-9-10-11-12-13-14-15-16-20-31-25-34(26-32-21-17-18-23-35(31)32)54(52,53)40(4-2)42(51)47-37-28-39(49)38(27-36(37)45)48-41(50)33-22-19-24-43(46,29-33)30-44/h17-19,21-28,40,49H,3-16,20,29-30H2,1-2H3,(H,47,51)(H,48,50). The summed E-state index contributed by atoms with van der Waals surface area (Å²) in [7, 11) is -4.12. The normalized spacial score (nSPS) is 16.3.